The van der Waals surface area contributed by atoms with Crippen molar-refractivity contribution in [1.82, 2.24) is 20.0 Å². The zero-order valence-electron chi connectivity index (χ0n) is 14.8. The zero-order chi connectivity index (χ0) is 17.1. The van der Waals surface area contributed by atoms with Crippen LogP contribution < -0.4 is 5.32 Å². The minimum absolute atomic E-state index is 0.0203. The Kier molecular flexibility index (Phi) is 5.21. The van der Waals surface area contributed by atoms with Gasteiger partial charge >= 0.3 is 0 Å². The third-order valence-corrected chi connectivity index (χ3v) is 5.42. The number of likely N-dealkylation sites (tertiary alicyclic amines) is 1. The molecule has 2 heterocycles. The second-order valence-corrected chi connectivity index (χ2v) is 7.20. The van der Waals surface area contributed by atoms with Crippen LogP contribution in [0.15, 0.2) is 6.07 Å². The number of aryl methyl sites for hydroxylation is 2. The molecule has 1 saturated carbocycles. The molecule has 1 aliphatic heterocycles. The monoisotopic (exact) mass is 332 g/mol. The summed E-state index contributed by atoms with van der Waals surface area (Å²) >= 11 is 0. The van der Waals surface area contributed by atoms with Gasteiger partial charge in [-0.05, 0) is 38.7 Å². The van der Waals surface area contributed by atoms with Gasteiger partial charge in [-0.2, -0.15) is 5.10 Å². The summed E-state index contributed by atoms with van der Waals surface area (Å²) in [6.07, 6.45) is 6.00. The number of aromatic nitrogens is 2. The van der Waals surface area contributed by atoms with Crippen molar-refractivity contribution in [2.75, 3.05) is 13.1 Å². The fourth-order valence-corrected chi connectivity index (χ4v) is 3.94. The standard InChI is InChI=1S/C18H28N4O2/c1-13-11-16(21(2)20-13)12-19-17(23)14-7-9-22(10-8-14)18(24)15-5-3-4-6-15/h11,14-15H,3-10,12H2,1-2H3,(H,19,23). The summed E-state index contributed by atoms with van der Waals surface area (Å²) in [4.78, 5) is 26.8. The number of carbonyl (C=O) groups is 2. The highest BCUT2D eigenvalue weighted by Gasteiger charge is 2.31. The van der Waals surface area contributed by atoms with Crippen molar-refractivity contribution in [3.05, 3.63) is 17.5 Å². The zero-order valence-corrected chi connectivity index (χ0v) is 14.8. The number of carbonyl (C=O) groups excluding carboxylic acids is 2. The lowest BCUT2D eigenvalue weighted by atomic mass is 9.94. The number of nitrogens with zero attached hydrogens (tertiary/aromatic N) is 3. The highest BCUT2D eigenvalue weighted by atomic mass is 16.2. The predicted molar refractivity (Wildman–Crippen MR) is 91.1 cm³/mol. The molecule has 2 aliphatic rings. The van der Waals surface area contributed by atoms with Crippen LogP contribution in [0.3, 0.4) is 0 Å². The molecule has 0 aromatic carbocycles. The second kappa shape index (κ2) is 7.36. The predicted octanol–water partition coefficient (Wildman–Crippen LogP) is 1.77. The maximum absolute atomic E-state index is 12.4. The molecule has 6 nitrogen and oxygen atoms in total. The molecular formula is C18H28N4O2. The number of rotatable bonds is 4. The largest absolute Gasteiger partial charge is 0.350 e. The lowest BCUT2D eigenvalue weighted by molar-refractivity contribution is -0.139. The molecule has 0 bridgehead atoms. The second-order valence-electron chi connectivity index (χ2n) is 7.20. The van der Waals surface area contributed by atoms with Crippen molar-refractivity contribution in [1.29, 1.82) is 0 Å². The van der Waals surface area contributed by atoms with E-state index in [-0.39, 0.29) is 17.7 Å². The third-order valence-electron chi connectivity index (χ3n) is 5.42. The summed E-state index contributed by atoms with van der Waals surface area (Å²) in [7, 11) is 1.89. The van der Waals surface area contributed by atoms with Crippen LogP contribution in [0.4, 0.5) is 0 Å². The van der Waals surface area contributed by atoms with Gasteiger partial charge in [-0.3, -0.25) is 14.3 Å². The van der Waals surface area contributed by atoms with Gasteiger partial charge in [-0.1, -0.05) is 12.8 Å². The van der Waals surface area contributed by atoms with Crippen molar-refractivity contribution in [2.45, 2.75) is 52.0 Å². The number of amides is 2. The molecule has 132 valence electrons. The minimum atomic E-state index is 0.0203. The fourth-order valence-electron chi connectivity index (χ4n) is 3.94. The van der Waals surface area contributed by atoms with E-state index in [4.69, 9.17) is 0 Å². The van der Waals surface area contributed by atoms with E-state index in [0.29, 0.717) is 12.5 Å². The Morgan fingerprint density at radius 2 is 1.83 bits per heavy atom. The first kappa shape index (κ1) is 17.0. The normalized spacial score (nSPS) is 19.7. The Labute approximate surface area is 143 Å². The molecule has 2 amide bonds. The van der Waals surface area contributed by atoms with Gasteiger partial charge in [0.05, 0.1) is 17.9 Å². The average Bonchev–Trinajstić information content (AvgIpc) is 3.22. The van der Waals surface area contributed by atoms with E-state index >= 15 is 0 Å². The molecule has 0 unspecified atom stereocenters. The van der Waals surface area contributed by atoms with Gasteiger partial charge in [0.25, 0.3) is 0 Å². The summed E-state index contributed by atoms with van der Waals surface area (Å²) in [6, 6.07) is 1.99. The molecule has 0 radical (unpaired) electrons. The topological polar surface area (TPSA) is 67.2 Å². The Morgan fingerprint density at radius 1 is 1.17 bits per heavy atom. The third kappa shape index (κ3) is 3.79. The molecule has 6 heteroatoms. The molecule has 1 aliphatic carbocycles. The molecule has 0 spiro atoms. The Bertz CT molecular complexity index is 596. The molecule has 1 saturated heterocycles. The Balaban J connectivity index is 1.44. The van der Waals surface area contributed by atoms with E-state index < -0.39 is 0 Å². The Morgan fingerprint density at radius 3 is 2.42 bits per heavy atom. The van der Waals surface area contributed by atoms with Gasteiger partial charge in [0.15, 0.2) is 0 Å². The summed E-state index contributed by atoms with van der Waals surface area (Å²) in [6.45, 7) is 3.90. The van der Waals surface area contributed by atoms with E-state index in [9.17, 15) is 9.59 Å². The smallest absolute Gasteiger partial charge is 0.225 e. The molecule has 1 N–H and O–H groups in total. The van der Waals surface area contributed by atoms with Crippen molar-refractivity contribution >= 4 is 11.8 Å². The summed E-state index contributed by atoms with van der Waals surface area (Å²) in [5.41, 5.74) is 1.97. The van der Waals surface area contributed by atoms with Crippen LogP contribution in [0.2, 0.25) is 0 Å². The lowest BCUT2D eigenvalue weighted by Crippen LogP contribution is -2.44. The van der Waals surface area contributed by atoms with Crippen LogP contribution in [-0.2, 0) is 23.2 Å². The van der Waals surface area contributed by atoms with Crippen LogP contribution in [0.25, 0.3) is 0 Å². The Hall–Kier alpha value is -1.85. The molecule has 24 heavy (non-hydrogen) atoms. The quantitative estimate of drug-likeness (QED) is 0.914. The first-order valence-corrected chi connectivity index (χ1v) is 9.10. The minimum Gasteiger partial charge on any atom is -0.350 e. The van der Waals surface area contributed by atoms with E-state index in [1.807, 2.05) is 24.9 Å². The van der Waals surface area contributed by atoms with Crippen molar-refractivity contribution < 1.29 is 9.59 Å². The molecule has 0 atom stereocenters. The number of hydrogen-bond donors (Lipinski definition) is 1. The number of piperidine rings is 1. The maximum Gasteiger partial charge on any atom is 0.225 e. The van der Waals surface area contributed by atoms with Crippen LogP contribution in [0.1, 0.15) is 49.9 Å². The average molecular weight is 332 g/mol. The van der Waals surface area contributed by atoms with Gasteiger partial charge in [0.2, 0.25) is 11.8 Å². The van der Waals surface area contributed by atoms with Crippen LogP contribution in [0.5, 0.6) is 0 Å². The SMILES string of the molecule is Cc1cc(CNC(=O)C2CCN(C(=O)C3CCCC3)CC2)n(C)n1. The van der Waals surface area contributed by atoms with Crippen LogP contribution in [-0.4, -0.2) is 39.6 Å². The maximum atomic E-state index is 12.4. The summed E-state index contributed by atoms with van der Waals surface area (Å²) < 4.78 is 1.80. The van der Waals surface area contributed by atoms with Crippen LogP contribution >= 0.6 is 0 Å². The lowest BCUT2D eigenvalue weighted by Gasteiger charge is -2.33. The van der Waals surface area contributed by atoms with E-state index in [1.165, 1.54) is 12.8 Å². The summed E-state index contributed by atoms with van der Waals surface area (Å²) in [5.74, 6) is 0.675. The number of nitrogens with one attached hydrogen (secondary N) is 1. The van der Waals surface area contributed by atoms with E-state index in [1.54, 1.807) is 4.68 Å². The van der Waals surface area contributed by atoms with Crippen LogP contribution in [0, 0.1) is 18.8 Å². The number of hydrogen-bond acceptors (Lipinski definition) is 3. The first-order chi connectivity index (χ1) is 11.5. The molecular weight excluding hydrogens is 304 g/mol. The van der Waals surface area contributed by atoms with E-state index in [2.05, 4.69) is 10.4 Å². The van der Waals surface area contributed by atoms with E-state index in [0.717, 1.165) is 50.2 Å². The molecule has 1 aromatic heterocycles. The van der Waals surface area contributed by atoms with Gasteiger partial charge in [0, 0.05) is 32.0 Å². The van der Waals surface area contributed by atoms with Gasteiger partial charge in [-0.25, -0.2) is 0 Å². The highest BCUT2D eigenvalue weighted by molar-refractivity contribution is 5.81. The molecule has 2 fully saturated rings. The fraction of sp³-hybridized carbons (Fsp3) is 0.722. The van der Waals surface area contributed by atoms with Gasteiger partial charge in [0.1, 0.15) is 0 Å². The molecule has 1 aromatic rings. The van der Waals surface area contributed by atoms with Gasteiger partial charge < -0.3 is 10.2 Å². The van der Waals surface area contributed by atoms with Crippen molar-refractivity contribution in [2.24, 2.45) is 18.9 Å². The summed E-state index contributed by atoms with van der Waals surface area (Å²) in [5, 5.41) is 7.31. The van der Waals surface area contributed by atoms with Gasteiger partial charge in [-0.15, -0.1) is 0 Å². The first-order valence-electron chi connectivity index (χ1n) is 9.10. The highest BCUT2D eigenvalue weighted by Crippen LogP contribution is 2.28. The molecule has 3 rings (SSSR count). The van der Waals surface area contributed by atoms with Crippen molar-refractivity contribution in [3.8, 4) is 0 Å². The van der Waals surface area contributed by atoms with Crippen molar-refractivity contribution in [3.63, 3.8) is 0 Å².